The Morgan fingerprint density at radius 3 is 1.62 bits per heavy atom. The smallest absolute Gasteiger partial charge is 0.232 e. The van der Waals surface area contributed by atoms with Crippen LogP contribution in [0, 0.1) is 0 Å². The summed E-state index contributed by atoms with van der Waals surface area (Å²) in [5.74, 6) is -1.31. The van der Waals surface area contributed by atoms with Gasteiger partial charge in [0.05, 0.1) is 0 Å². The highest BCUT2D eigenvalue weighted by molar-refractivity contribution is 6.52. The van der Waals surface area contributed by atoms with Gasteiger partial charge in [-0.25, -0.2) is 0 Å². The minimum absolute atomic E-state index is 0.0555. The summed E-state index contributed by atoms with van der Waals surface area (Å²) in [7, 11) is 0. The molecule has 0 aromatic heterocycles. The number of carbonyl (C=O) groups is 2. The molecule has 0 amide bonds. The van der Waals surface area contributed by atoms with E-state index in [1.165, 1.54) is 0 Å². The fraction of sp³-hybridized carbons (Fsp3) is 0.647. The highest BCUT2D eigenvalue weighted by Crippen LogP contribution is 2.45. The Morgan fingerprint density at radius 1 is 0.564 bits per heavy atom. The Kier molecular flexibility index (Phi) is 14.4. The molecule has 0 radical (unpaired) electrons. The maximum Gasteiger partial charge on any atom is 0.232 e. The summed E-state index contributed by atoms with van der Waals surface area (Å²) in [5, 5.41) is 34.3. The zero-order valence-corrected chi connectivity index (χ0v) is 25.0. The molecule has 0 bridgehead atoms. The molecule has 0 unspecified atom stereocenters. The van der Waals surface area contributed by atoms with Crippen molar-refractivity contribution in [3.8, 4) is 11.5 Å². The number of aliphatic hydroxyl groups excluding tert-OH is 1. The van der Waals surface area contributed by atoms with Crippen molar-refractivity contribution in [2.75, 3.05) is 0 Å². The minimum atomic E-state index is -0.607. The zero-order chi connectivity index (χ0) is 28.8. The highest BCUT2D eigenvalue weighted by atomic mass is 16.3. The van der Waals surface area contributed by atoms with E-state index in [0.29, 0.717) is 48.0 Å². The summed E-state index contributed by atoms with van der Waals surface area (Å²) in [6, 6.07) is 1.71. The standard InChI is InChI=1S/C34H52O5/c1-5-9-13-17-20-25-28(35)23-24(19-15-11-7-3)29(31(25)36)30-26(21-16-12-8-4)33(38)34(39)27(32(30)37)22-18-14-10-6-2/h23,35-37H,5-22H2,1-4H3. The number of unbranched alkanes of at least 4 members (excludes halogenated alkanes) is 10. The van der Waals surface area contributed by atoms with Gasteiger partial charge in [-0.2, -0.15) is 0 Å². The first-order chi connectivity index (χ1) is 18.8. The van der Waals surface area contributed by atoms with Crippen LogP contribution in [0.15, 0.2) is 23.0 Å². The molecule has 0 spiro atoms. The van der Waals surface area contributed by atoms with Crippen LogP contribution in [0.5, 0.6) is 11.5 Å². The number of benzene rings is 1. The number of aromatic hydroxyl groups is 2. The van der Waals surface area contributed by atoms with Gasteiger partial charge >= 0.3 is 0 Å². The second kappa shape index (κ2) is 17.2. The predicted molar refractivity (Wildman–Crippen MR) is 160 cm³/mol. The van der Waals surface area contributed by atoms with Crippen molar-refractivity contribution in [3.63, 3.8) is 0 Å². The summed E-state index contributed by atoms with van der Waals surface area (Å²) in [4.78, 5) is 26.8. The van der Waals surface area contributed by atoms with Gasteiger partial charge in [0.15, 0.2) is 0 Å². The quantitative estimate of drug-likeness (QED) is 0.0923. The largest absolute Gasteiger partial charge is 0.508 e. The summed E-state index contributed by atoms with van der Waals surface area (Å²) in [6.07, 6.45) is 15.0. The number of aryl methyl sites for hydroxylation is 1. The van der Waals surface area contributed by atoms with Crippen LogP contribution in [0.25, 0.3) is 5.57 Å². The molecule has 1 aromatic carbocycles. The fourth-order valence-corrected chi connectivity index (χ4v) is 5.57. The molecule has 0 fully saturated rings. The number of aliphatic hydroxyl groups is 1. The van der Waals surface area contributed by atoms with Crippen molar-refractivity contribution in [1.82, 2.24) is 0 Å². The van der Waals surface area contributed by atoms with Gasteiger partial charge in [0, 0.05) is 27.8 Å². The van der Waals surface area contributed by atoms with E-state index >= 15 is 0 Å². The molecule has 0 saturated carbocycles. The maximum atomic E-state index is 13.5. The van der Waals surface area contributed by atoms with Gasteiger partial charge < -0.3 is 15.3 Å². The number of allylic oxidation sites excluding steroid dienone is 3. The molecular formula is C34H52O5. The van der Waals surface area contributed by atoms with E-state index in [-0.39, 0.29) is 22.8 Å². The lowest BCUT2D eigenvalue weighted by Gasteiger charge is -2.26. The third-order valence-electron chi connectivity index (χ3n) is 7.93. The van der Waals surface area contributed by atoms with Crippen LogP contribution in [0.4, 0.5) is 0 Å². The predicted octanol–water partition coefficient (Wildman–Crippen LogP) is 9.22. The molecule has 1 aliphatic rings. The van der Waals surface area contributed by atoms with E-state index in [2.05, 4.69) is 27.7 Å². The highest BCUT2D eigenvalue weighted by Gasteiger charge is 2.37. The van der Waals surface area contributed by atoms with E-state index in [0.717, 1.165) is 95.5 Å². The number of carbonyl (C=O) groups excluding carboxylic acids is 2. The molecule has 5 nitrogen and oxygen atoms in total. The Balaban J connectivity index is 2.74. The van der Waals surface area contributed by atoms with Crippen LogP contribution in [0.2, 0.25) is 0 Å². The van der Waals surface area contributed by atoms with Crippen molar-refractivity contribution in [2.45, 2.75) is 143 Å². The average molecular weight is 541 g/mol. The maximum absolute atomic E-state index is 13.5. The Hall–Kier alpha value is -2.56. The van der Waals surface area contributed by atoms with Crippen LogP contribution in [-0.4, -0.2) is 26.9 Å². The number of Topliss-reactive ketones (excluding diaryl/α,β-unsaturated/α-hetero) is 2. The third kappa shape index (κ3) is 8.71. The van der Waals surface area contributed by atoms with Gasteiger partial charge in [0.1, 0.15) is 17.3 Å². The topological polar surface area (TPSA) is 94.8 Å². The molecule has 3 N–H and O–H groups in total. The lowest BCUT2D eigenvalue weighted by molar-refractivity contribution is -0.132. The van der Waals surface area contributed by atoms with Crippen LogP contribution in [-0.2, 0) is 22.4 Å². The monoisotopic (exact) mass is 540 g/mol. The fourth-order valence-electron chi connectivity index (χ4n) is 5.57. The van der Waals surface area contributed by atoms with Gasteiger partial charge in [0.25, 0.3) is 0 Å². The Bertz CT molecular complexity index is 1030. The molecule has 0 aliphatic heterocycles. The molecular weight excluding hydrogens is 488 g/mol. The molecule has 2 rings (SSSR count). The summed E-state index contributed by atoms with van der Waals surface area (Å²) >= 11 is 0. The second-order valence-electron chi connectivity index (χ2n) is 11.1. The van der Waals surface area contributed by atoms with E-state index in [4.69, 9.17) is 0 Å². The molecule has 1 aliphatic carbocycles. The number of phenolic OH excluding ortho intramolecular Hbond substituents is 2. The number of rotatable bonds is 19. The van der Waals surface area contributed by atoms with Gasteiger partial charge in [-0.3, -0.25) is 9.59 Å². The molecule has 1 aromatic rings. The Labute approximate surface area is 236 Å². The lowest BCUT2D eigenvalue weighted by atomic mass is 9.78. The van der Waals surface area contributed by atoms with Gasteiger partial charge in [0.2, 0.25) is 11.6 Å². The van der Waals surface area contributed by atoms with Crippen molar-refractivity contribution in [1.29, 1.82) is 0 Å². The third-order valence-corrected chi connectivity index (χ3v) is 7.93. The first-order valence-electron chi connectivity index (χ1n) is 15.6. The first-order valence-corrected chi connectivity index (χ1v) is 15.6. The van der Waals surface area contributed by atoms with Crippen molar-refractivity contribution < 1.29 is 24.9 Å². The normalized spacial score (nSPS) is 14.2. The van der Waals surface area contributed by atoms with Crippen molar-refractivity contribution >= 4 is 17.1 Å². The molecule has 0 heterocycles. The molecule has 0 saturated heterocycles. The first kappa shape index (κ1) is 32.7. The van der Waals surface area contributed by atoms with E-state index < -0.39 is 11.6 Å². The van der Waals surface area contributed by atoms with Crippen LogP contribution >= 0.6 is 0 Å². The average Bonchev–Trinajstić information content (AvgIpc) is 2.91. The summed E-state index contributed by atoms with van der Waals surface area (Å²) in [6.45, 7) is 8.45. The van der Waals surface area contributed by atoms with Gasteiger partial charge in [-0.15, -0.1) is 0 Å². The summed E-state index contributed by atoms with van der Waals surface area (Å²) in [5.41, 5.74) is 2.41. The number of hydrogen-bond donors (Lipinski definition) is 3. The van der Waals surface area contributed by atoms with Gasteiger partial charge in [-0.1, -0.05) is 91.9 Å². The number of ketones is 2. The number of phenols is 2. The van der Waals surface area contributed by atoms with Crippen LogP contribution in [0.1, 0.15) is 147 Å². The van der Waals surface area contributed by atoms with Gasteiger partial charge in [-0.05, 0) is 63.0 Å². The van der Waals surface area contributed by atoms with Crippen molar-refractivity contribution in [3.05, 3.63) is 39.7 Å². The minimum Gasteiger partial charge on any atom is -0.508 e. The summed E-state index contributed by atoms with van der Waals surface area (Å²) < 4.78 is 0. The van der Waals surface area contributed by atoms with E-state index in [1.54, 1.807) is 6.07 Å². The van der Waals surface area contributed by atoms with E-state index in [9.17, 15) is 24.9 Å². The Morgan fingerprint density at radius 2 is 1.03 bits per heavy atom. The van der Waals surface area contributed by atoms with Crippen LogP contribution in [0.3, 0.4) is 0 Å². The van der Waals surface area contributed by atoms with E-state index in [1.807, 2.05) is 0 Å². The SMILES string of the molecule is CCCCCCC1=C(O)C(c2c(CCCCC)cc(O)c(CCCCCC)c2O)=C(CCCCC)C(=O)C1=O. The molecule has 218 valence electrons. The van der Waals surface area contributed by atoms with Crippen LogP contribution < -0.4 is 0 Å². The second-order valence-corrected chi connectivity index (χ2v) is 11.1. The molecule has 39 heavy (non-hydrogen) atoms. The zero-order valence-electron chi connectivity index (χ0n) is 25.0. The number of hydrogen-bond acceptors (Lipinski definition) is 5. The molecule has 5 heteroatoms. The lowest BCUT2D eigenvalue weighted by Crippen LogP contribution is -2.26. The van der Waals surface area contributed by atoms with Crippen molar-refractivity contribution in [2.24, 2.45) is 0 Å². The molecule has 0 atom stereocenters.